The van der Waals surface area contributed by atoms with E-state index in [0.29, 0.717) is 30.4 Å². The van der Waals surface area contributed by atoms with Crippen molar-refractivity contribution >= 4 is 28.9 Å². The molecule has 3 aromatic heterocycles. The van der Waals surface area contributed by atoms with E-state index in [1.807, 2.05) is 9.47 Å². The summed E-state index contributed by atoms with van der Waals surface area (Å²) in [7, 11) is 0. The molecule has 38 heavy (non-hydrogen) atoms. The molecule has 4 heterocycles. The molecule has 2 aliphatic rings. The first kappa shape index (κ1) is 23.8. The minimum Gasteiger partial charge on any atom is -0.408 e. The predicted octanol–water partition coefficient (Wildman–Crippen LogP) is 2.62. The van der Waals surface area contributed by atoms with Crippen LogP contribution in [0.4, 0.5) is 15.1 Å². The lowest BCUT2D eigenvalue weighted by atomic mass is 9.85. The highest BCUT2D eigenvalue weighted by atomic mass is 19.1. The van der Waals surface area contributed by atoms with Crippen molar-refractivity contribution in [2.45, 2.75) is 44.8 Å². The smallest absolute Gasteiger partial charge is 0.408 e. The second kappa shape index (κ2) is 9.72. The number of nitrogens with one attached hydrogen (secondary N) is 1. The Morgan fingerprint density at radius 2 is 1.97 bits per heavy atom. The lowest BCUT2D eigenvalue weighted by Crippen LogP contribution is -2.43. The van der Waals surface area contributed by atoms with Gasteiger partial charge in [0.05, 0.1) is 23.6 Å². The number of fused-ring (bicyclic) bond motifs is 2. The second-order valence-electron chi connectivity index (χ2n) is 9.55. The number of amides is 2. The number of primary amides is 1. The van der Waals surface area contributed by atoms with Gasteiger partial charge in [0.2, 0.25) is 11.9 Å². The number of halogens is 1. The van der Waals surface area contributed by atoms with E-state index in [9.17, 15) is 14.0 Å². The van der Waals surface area contributed by atoms with Gasteiger partial charge in [-0.2, -0.15) is 4.98 Å². The molecule has 3 N–H and O–H groups in total. The molecule has 1 fully saturated rings. The number of hydrogen-bond acceptors (Lipinski definition) is 8. The minimum absolute atomic E-state index is 0.00986. The van der Waals surface area contributed by atoms with E-state index in [4.69, 9.17) is 10.5 Å². The van der Waals surface area contributed by atoms with Gasteiger partial charge in [-0.15, -0.1) is 10.2 Å². The number of nitrogens with two attached hydrogens (primary N) is 1. The summed E-state index contributed by atoms with van der Waals surface area (Å²) in [4.78, 5) is 35.3. The lowest BCUT2D eigenvalue weighted by Gasteiger charge is -2.34. The van der Waals surface area contributed by atoms with Crippen molar-refractivity contribution in [1.82, 2.24) is 34.2 Å². The Labute approximate surface area is 216 Å². The fraction of sp³-hybridized carbons (Fsp3) is 0.360. The van der Waals surface area contributed by atoms with Crippen LogP contribution in [0.3, 0.4) is 0 Å². The SMILES string of the molecule is NC(=O)Oc1cn(-c2ccnc(NC3CCC(C(=O)N4CCn5cnnc5C4)CC3)n2)c2cccc(F)c12. The number of rotatable bonds is 5. The summed E-state index contributed by atoms with van der Waals surface area (Å²) in [5.41, 5.74) is 5.64. The van der Waals surface area contributed by atoms with E-state index in [-0.39, 0.29) is 29.0 Å². The fourth-order valence-electron chi connectivity index (χ4n) is 5.32. The molecule has 1 aliphatic carbocycles. The van der Waals surface area contributed by atoms with Crippen LogP contribution in [0.1, 0.15) is 31.5 Å². The Morgan fingerprint density at radius 3 is 2.79 bits per heavy atom. The second-order valence-corrected chi connectivity index (χ2v) is 9.55. The molecule has 6 rings (SSSR count). The maximum Gasteiger partial charge on any atom is 0.410 e. The van der Waals surface area contributed by atoms with Gasteiger partial charge in [0.1, 0.15) is 18.0 Å². The lowest BCUT2D eigenvalue weighted by molar-refractivity contribution is -0.138. The van der Waals surface area contributed by atoms with Gasteiger partial charge < -0.3 is 25.3 Å². The van der Waals surface area contributed by atoms with Crippen LogP contribution in [0.15, 0.2) is 43.0 Å². The number of carbonyl (C=O) groups excluding carboxylic acids is 2. The summed E-state index contributed by atoms with van der Waals surface area (Å²) in [6.45, 7) is 1.90. The minimum atomic E-state index is -1.03. The normalized spacial score (nSPS) is 19.2. The van der Waals surface area contributed by atoms with Crippen molar-refractivity contribution in [2.75, 3.05) is 11.9 Å². The summed E-state index contributed by atoms with van der Waals surface area (Å²) >= 11 is 0. The molecule has 13 heteroatoms. The van der Waals surface area contributed by atoms with Crippen molar-refractivity contribution < 1.29 is 18.7 Å². The number of ether oxygens (including phenoxy) is 1. The van der Waals surface area contributed by atoms with Crippen LogP contribution in [-0.2, 0) is 17.9 Å². The molecule has 1 aromatic carbocycles. The van der Waals surface area contributed by atoms with Gasteiger partial charge in [-0.3, -0.25) is 9.36 Å². The predicted molar refractivity (Wildman–Crippen MR) is 134 cm³/mol. The molecule has 0 spiro atoms. The van der Waals surface area contributed by atoms with E-state index < -0.39 is 11.9 Å². The highest BCUT2D eigenvalue weighted by molar-refractivity contribution is 5.90. The van der Waals surface area contributed by atoms with Gasteiger partial charge in [0.15, 0.2) is 11.6 Å². The number of hydrogen-bond donors (Lipinski definition) is 2. The van der Waals surface area contributed by atoms with Crippen LogP contribution >= 0.6 is 0 Å². The summed E-state index contributed by atoms with van der Waals surface area (Å²) in [5.74, 6) is 1.35. The standard InChI is InChI=1S/C25H26FN9O3/c26-17-2-1-3-18-22(17)19(38-24(27)37)12-35(18)20-8-9-28-25(31-20)30-16-6-4-15(5-7-16)23(36)33-10-11-34-14-29-32-21(34)13-33/h1-3,8-9,12,14-16H,4-7,10-11,13H2,(H2,27,37)(H,28,30,31). The highest BCUT2D eigenvalue weighted by Gasteiger charge is 2.32. The molecular weight excluding hydrogens is 493 g/mol. The monoisotopic (exact) mass is 519 g/mol. The molecule has 0 unspecified atom stereocenters. The van der Waals surface area contributed by atoms with Crippen LogP contribution in [-0.4, -0.2) is 58.8 Å². The molecule has 0 atom stereocenters. The highest BCUT2D eigenvalue weighted by Crippen LogP contribution is 2.33. The van der Waals surface area contributed by atoms with Gasteiger partial charge in [-0.05, 0) is 43.9 Å². The first-order valence-electron chi connectivity index (χ1n) is 12.5. The maximum atomic E-state index is 14.5. The number of nitrogens with zero attached hydrogens (tertiary/aromatic N) is 7. The number of aromatic nitrogens is 6. The molecule has 0 radical (unpaired) electrons. The molecule has 0 saturated heterocycles. The average molecular weight is 520 g/mol. The van der Waals surface area contributed by atoms with E-state index in [2.05, 4.69) is 25.5 Å². The number of carbonyl (C=O) groups is 2. The first-order chi connectivity index (χ1) is 18.5. The molecular formula is C25H26FN9O3. The van der Waals surface area contributed by atoms with Gasteiger partial charge >= 0.3 is 6.09 Å². The van der Waals surface area contributed by atoms with E-state index in [1.165, 1.54) is 12.3 Å². The van der Waals surface area contributed by atoms with Gasteiger partial charge in [0, 0.05) is 31.2 Å². The van der Waals surface area contributed by atoms with Crippen LogP contribution in [0.2, 0.25) is 0 Å². The number of benzene rings is 1. The largest absolute Gasteiger partial charge is 0.410 e. The zero-order valence-electron chi connectivity index (χ0n) is 20.5. The first-order valence-corrected chi connectivity index (χ1v) is 12.5. The van der Waals surface area contributed by atoms with Crippen molar-refractivity contribution in [2.24, 2.45) is 11.7 Å². The molecule has 0 bridgehead atoms. The van der Waals surface area contributed by atoms with Gasteiger partial charge in [0.25, 0.3) is 0 Å². The molecule has 1 saturated carbocycles. The fourth-order valence-corrected chi connectivity index (χ4v) is 5.32. The van der Waals surface area contributed by atoms with Gasteiger partial charge in [-0.1, -0.05) is 6.07 Å². The zero-order valence-corrected chi connectivity index (χ0v) is 20.5. The Bertz CT molecular complexity index is 1510. The van der Waals surface area contributed by atoms with Crippen molar-refractivity contribution in [3.05, 3.63) is 54.6 Å². The van der Waals surface area contributed by atoms with E-state index in [0.717, 1.165) is 38.1 Å². The molecule has 4 aromatic rings. The Kier molecular flexibility index (Phi) is 6.10. The van der Waals surface area contributed by atoms with Crippen LogP contribution in [0.25, 0.3) is 16.7 Å². The van der Waals surface area contributed by atoms with Crippen LogP contribution in [0, 0.1) is 11.7 Å². The Balaban J connectivity index is 1.13. The molecule has 1 aliphatic heterocycles. The van der Waals surface area contributed by atoms with Crippen molar-refractivity contribution in [3.63, 3.8) is 0 Å². The third kappa shape index (κ3) is 4.51. The van der Waals surface area contributed by atoms with E-state index in [1.54, 1.807) is 35.3 Å². The third-order valence-corrected chi connectivity index (χ3v) is 7.20. The van der Waals surface area contributed by atoms with Crippen molar-refractivity contribution in [3.8, 4) is 11.6 Å². The third-order valence-electron chi connectivity index (χ3n) is 7.20. The summed E-state index contributed by atoms with van der Waals surface area (Å²) < 4.78 is 23.2. The summed E-state index contributed by atoms with van der Waals surface area (Å²) in [6.07, 6.45) is 6.92. The summed E-state index contributed by atoms with van der Waals surface area (Å²) in [5, 5.41) is 11.5. The quantitative estimate of drug-likeness (QED) is 0.409. The Hall–Kier alpha value is -4.55. The molecule has 196 valence electrons. The van der Waals surface area contributed by atoms with Gasteiger partial charge in [-0.25, -0.2) is 14.2 Å². The molecule has 2 amide bonds. The molecule has 12 nitrogen and oxygen atoms in total. The topological polar surface area (TPSA) is 146 Å². The average Bonchev–Trinajstić information content (AvgIpc) is 3.53. The Morgan fingerprint density at radius 1 is 1.13 bits per heavy atom. The maximum absolute atomic E-state index is 14.5. The van der Waals surface area contributed by atoms with E-state index >= 15 is 0 Å². The van der Waals surface area contributed by atoms with Crippen LogP contribution < -0.4 is 15.8 Å². The van der Waals surface area contributed by atoms with Crippen LogP contribution in [0.5, 0.6) is 5.75 Å². The number of anilines is 1. The zero-order chi connectivity index (χ0) is 26.2. The van der Waals surface area contributed by atoms with Crippen molar-refractivity contribution in [1.29, 1.82) is 0 Å². The summed E-state index contributed by atoms with van der Waals surface area (Å²) in [6, 6.07) is 6.35.